The van der Waals surface area contributed by atoms with E-state index in [4.69, 9.17) is 41.3 Å². The zero-order valence-corrected chi connectivity index (χ0v) is 67.1. The highest BCUT2D eigenvalue weighted by molar-refractivity contribution is 6.30. The van der Waals surface area contributed by atoms with Crippen molar-refractivity contribution in [2.24, 2.45) is 0 Å². The highest BCUT2D eigenvalue weighted by Crippen LogP contribution is 2.37. The van der Waals surface area contributed by atoms with Gasteiger partial charge in [0.1, 0.15) is 17.4 Å². The van der Waals surface area contributed by atoms with Gasteiger partial charge in [0.05, 0.1) is 36.4 Å². The topological polar surface area (TPSA) is 63.2 Å². The summed E-state index contributed by atoms with van der Waals surface area (Å²) in [5, 5.41) is 9.14. The molecule has 0 aliphatic rings. The summed E-state index contributed by atoms with van der Waals surface area (Å²) in [6.07, 6.45) is 0. The van der Waals surface area contributed by atoms with Crippen LogP contribution in [0.1, 0.15) is 250 Å². The number of hydrogen-bond acceptors (Lipinski definition) is 3. The van der Waals surface area contributed by atoms with E-state index in [-0.39, 0.29) is 54.6 Å². The van der Waals surface area contributed by atoms with Gasteiger partial charge in [0.15, 0.2) is 17.1 Å². The Balaban J connectivity index is 0.000000572. The Kier molecular flexibility index (Phi) is 34.2. The standard InChI is InChI=1S/2C13H17N.C12H15N.C11H15F.C11H13N.C11H14O2.C10H12ClF.C10H14/c1-9-7-10(2)12(13(3,4)5)11(8-9)14-6;1-9-6-11(13(3,4)5)7-10(2)12(9)8-14;1-9-6-10(12(2,3)4)8-11(7-9)13-5;1-8-5-9(11(2,3)4)7-10(12)6-8;1-11(2,3)9-7-5-6-8-10(9)12-4;1-11(2,3)9-6-4-5-7-10(9)13-8-12;1-10(2,3)7-4-5-9(12)8(11)6-7;1-10(2,3)9-7-5-4-6-8-9/h7-8H,1-5H3;6-7H,1-5H3;6-8H,1-4H3;5-7H,1-4H3;5-8H,1-3H3;4-8H,1-3H3;4-6H,1-3H3;4-8H,1-3H3. The normalized spacial score (nSPS) is 11.2. The molecular weight excluding hydrogens is 1250 g/mol. The van der Waals surface area contributed by atoms with Crippen LogP contribution in [0.5, 0.6) is 5.75 Å². The largest absolute Gasteiger partial charge is 0.428 e. The molecule has 0 aliphatic heterocycles. The third-order valence-electron chi connectivity index (χ3n) is 15.9. The second kappa shape index (κ2) is 38.2. The van der Waals surface area contributed by atoms with Crippen molar-refractivity contribution in [3.63, 3.8) is 0 Å². The lowest BCUT2D eigenvalue weighted by Crippen LogP contribution is -2.13. The smallest absolute Gasteiger partial charge is 0.298 e. The minimum absolute atomic E-state index is 0.000394. The average molecular weight is 1370 g/mol. The molecule has 9 heteroatoms. The molecule has 100 heavy (non-hydrogen) atoms. The Morgan fingerprint density at radius 2 is 0.820 bits per heavy atom. The van der Waals surface area contributed by atoms with E-state index in [2.05, 4.69) is 248 Å². The zero-order chi connectivity index (χ0) is 77.3. The molecule has 0 bridgehead atoms. The molecule has 0 spiro atoms. The minimum atomic E-state index is -0.357. The Bertz CT molecular complexity index is 4070. The number of hydrogen-bond donors (Lipinski definition) is 0. The van der Waals surface area contributed by atoms with E-state index in [0.29, 0.717) is 17.6 Å². The molecule has 0 unspecified atom stereocenters. The SMILES string of the molecule is CC(C)(C)c1ccc(F)c(Cl)c1.CC(C)(C)c1ccccc1.CC(C)(C)c1ccccc1OC=O.Cc1cc(C(C)(C)C)cc(C)c1C#N.Cc1cc(F)cc(C(C)(C)C)c1.[C-]#[N+]c1cc(C)cc(C(C)(C)C)c1.[C-]#[N+]c1cc(C)cc(C)c1C(C)(C)C.[C-]#[N+]c1ccccc1C(C)(C)C. The first-order valence-electron chi connectivity index (χ1n) is 34.1. The van der Waals surface area contributed by atoms with Crippen LogP contribution in [0.4, 0.5) is 25.8 Å². The Hall–Kier alpha value is -8.66. The quantitative estimate of drug-likeness (QED) is 0.128. The highest BCUT2D eigenvalue weighted by atomic mass is 35.5. The van der Waals surface area contributed by atoms with Gasteiger partial charge in [-0.25, -0.2) is 23.3 Å². The molecule has 0 saturated carbocycles. The van der Waals surface area contributed by atoms with Crippen molar-refractivity contribution in [3.8, 4) is 11.8 Å². The fraction of sp³-hybridized carbons (Fsp3) is 0.418. The number of nitrogens with zero attached hydrogens (tertiary/aromatic N) is 4. The van der Waals surface area contributed by atoms with Gasteiger partial charge >= 0.3 is 0 Å². The molecule has 8 rings (SSSR count). The van der Waals surface area contributed by atoms with Gasteiger partial charge in [-0.05, 0) is 165 Å². The average Bonchev–Trinajstić information content (AvgIpc) is 0.814. The van der Waals surface area contributed by atoms with Crippen LogP contribution in [0, 0.1) is 84.2 Å². The summed E-state index contributed by atoms with van der Waals surface area (Å²) in [7, 11) is 0. The van der Waals surface area contributed by atoms with Gasteiger partial charge in [-0.3, -0.25) is 4.79 Å². The predicted octanol–water partition coefficient (Wildman–Crippen LogP) is 27.7. The summed E-state index contributed by atoms with van der Waals surface area (Å²) in [5.41, 5.74) is 20.0. The van der Waals surface area contributed by atoms with Crippen LogP contribution in [-0.4, -0.2) is 6.47 Å². The Morgan fingerprint density at radius 3 is 1.21 bits per heavy atom. The third kappa shape index (κ3) is 31.3. The molecule has 8 aromatic rings. The van der Waals surface area contributed by atoms with Gasteiger partial charge in [0.25, 0.3) is 6.47 Å². The molecule has 0 atom stereocenters. The van der Waals surface area contributed by atoms with Gasteiger partial charge < -0.3 is 4.74 Å². The van der Waals surface area contributed by atoms with Gasteiger partial charge in [0.2, 0.25) is 0 Å². The van der Waals surface area contributed by atoms with Gasteiger partial charge in [-0.1, -0.05) is 327 Å². The van der Waals surface area contributed by atoms with E-state index in [1.54, 1.807) is 30.3 Å². The number of nitriles is 1. The number of rotatable bonds is 2. The molecule has 0 fully saturated rings. The fourth-order valence-electron chi connectivity index (χ4n) is 10.4. The van der Waals surface area contributed by atoms with E-state index < -0.39 is 0 Å². The maximum absolute atomic E-state index is 13.0. The van der Waals surface area contributed by atoms with E-state index in [1.807, 2.05) is 101 Å². The molecule has 0 heterocycles. The summed E-state index contributed by atoms with van der Waals surface area (Å²) in [6, 6.07) is 52.6. The zero-order valence-electron chi connectivity index (χ0n) is 66.3. The maximum atomic E-state index is 13.0. The lowest BCUT2D eigenvalue weighted by molar-refractivity contribution is -0.120. The molecule has 0 saturated heterocycles. The number of carbonyl (C=O) groups is 1. The number of halogens is 3. The Morgan fingerprint density at radius 1 is 0.400 bits per heavy atom. The summed E-state index contributed by atoms with van der Waals surface area (Å²) < 4.78 is 30.6. The van der Waals surface area contributed by atoms with E-state index in [9.17, 15) is 13.6 Å². The molecule has 0 radical (unpaired) electrons. The van der Waals surface area contributed by atoms with E-state index >= 15 is 0 Å². The van der Waals surface area contributed by atoms with Crippen molar-refractivity contribution in [2.45, 2.75) is 251 Å². The summed E-state index contributed by atoms with van der Waals surface area (Å²) in [5.74, 6) is 0.148. The maximum Gasteiger partial charge on any atom is 0.298 e. The number of aryl methyl sites for hydroxylation is 6. The molecular formula is C91H117ClF2N4O2. The van der Waals surface area contributed by atoms with Crippen molar-refractivity contribution in [2.75, 3.05) is 0 Å². The molecule has 0 amide bonds. The molecule has 534 valence electrons. The fourth-order valence-corrected chi connectivity index (χ4v) is 10.5. The molecule has 6 nitrogen and oxygen atoms in total. The second-order valence-electron chi connectivity index (χ2n) is 33.7. The monoisotopic (exact) mass is 1370 g/mol. The molecule has 8 aromatic carbocycles. The lowest BCUT2D eigenvalue weighted by atomic mass is 9.82. The third-order valence-corrected chi connectivity index (χ3v) is 16.2. The van der Waals surface area contributed by atoms with Crippen molar-refractivity contribution < 1.29 is 18.3 Å². The number of para-hydroxylation sites is 2. The van der Waals surface area contributed by atoms with Crippen LogP contribution in [-0.2, 0) is 48.1 Å². The van der Waals surface area contributed by atoms with Crippen LogP contribution in [0.2, 0.25) is 5.02 Å². The number of ether oxygens (including phenoxy) is 1. The summed E-state index contributed by atoms with van der Waals surface area (Å²) in [4.78, 5) is 20.8. The van der Waals surface area contributed by atoms with Crippen LogP contribution >= 0.6 is 11.6 Å². The van der Waals surface area contributed by atoms with Crippen molar-refractivity contribution in [1.82, 2.24) is 0 Å². The summed E-state index contributed by atoms with van der Waals surface area (Å²) in [6.45, 7) is 84.9. The van der Waals surface area contributed by atoms with Crippen LogP contribution in [0.25, 0.3) is 14.5 Å². The van der Waals surface area contributed by atoms with Crippen LogP contribution in [0.15, 0.2) is 158 Å². The number of carbonyl (C=O) groups excluding carboxylic acids is 1. The van der Waals surface area contributed by atoms with Crippen molar-refractivity contribution >= 4 is 35.1 Å². The second-order valence-corrected chi connectivity index (χ2v) is 34.1. The highest BCUT2D eigenvalue weighted by Gasteiger charge is 2.23. The lowest BCUT2D eigenvalue weighted by Gasteiger charge is -2.23. The first-order chi connectivity index (χ1) is 45.7. The van der Waals surface area contributed by atoms with Crippen LogP contribution in [0.3, 0.4) is 0 Å². The van der Waals surface area contributed by atoms with Crippen molar-refractivity contribution in [1.29, 1.82) is 5.26 Å². The first-order valence-corrected chi connectivity index (χ1v) is 34.5. The molecule has 0 aliphatic carbocycles. The van der Waals surface area contributed by atoms with Crippen LogP contribution < -0.4 is 4.74 Å². The van der Waals surface area contributed by atoms with Gasteiger partial charge in [-0.2, -0.15) is 5.26 Å². The molecule has 0 aromatic heterocycles. The molecule has 0 N–H and O–H groups in total. The van der Waals surface area contributed by atoms with Gasteiger partial charge in [0, 0.05) is 5.56 Å². The number of benzene rings is 8. The summed E-state index contributed by atoms with van der Waals surface area (Å²) >= 11 is 5.64. The van der Waals surface area contributed by atoms with Gasteiger partial charge in [-0.15, -0.1) is 0 Å². The minimum Gasteiger partial charge on any atom is -0.428 e. The van der Waals surface area contributed by atoms with E-state index in [1.165, 1.54) is 45.0 Å². The van der Waals surface area contributed by atoms with Crippen molar-refractivity contribution in [3.05, 3.63) is 292 Å². The first kappa shape index (κ1) is 89.4. The predicted molar refractivity (Wildman–Crippen MR) is 425 cm³/mol. The van der Waals surface area contributed by atoms with E-state index in [0.717, 1.165) is 61.6 Å². The Labute approximate surface area is 610 Å².